The summed E-state index contributed by atoms with van der Waals surface area (Å²) in [6, 6.07) is 1.58. The molecule has 2 bridgehead atoms. The minimum absolute atomic E-state index is 0.214. The van der Waals surface area contributed by atoms with Crippen molar-refractivity contribution in [1.29, 1.82) is 0 Å². The van der Waals surface area contributed by atoms with Gasteiger partial charge in [0, 0.05) is 24.5 Å². The van der Waals surface area contributed by atoms with Crippen LogP contribution in [0.3, 0.4) is 0 Å². The molecule has 2 saturated heterocycles. The van der Waals surface area contributed by atoms with Gasteiger partial charge in [0.1, 0.15) is 0 Å². The number of amides is 1. The van der Waals surface area contributed by atoms with Crippen molar-refractivity contribution in [2.75, 3.05) is 0 Å². The largest absolute Gasteiger partial charge is 0.353 e. The lowest BCUT2D eigenvalue weighted by atomic mass is 9.89. The normalized spacial score (nSPS) is 33.1. The van der Waals surface area contributed by atoms with Crippen LogP contribution in [0.5, 0.6) is 0 Å². The lowest BCUT2D eigenvalue weighted by Gasteiger charge is -2.29. The molecule has 0 aromatic heterocycles. The number of hydrogen-bond acceptors (Lipinski definition) is 2. The first kappa shape index (κ1) is 12.6. The van der Waals surface area contributed by atoms with Crippen LogP contribution in [-0.4, -0.2) is 24.0 Å². The maximum Gasteiger partial charge on any atom is 0.220 e. The number of carbonyl (C=O) groups excluding carboxylic acids is 1. The van der Waals surface area contributed by atoms with Crippen molar-refractivity contribution in [1.82, 2.24) is 10.6 Å². The fraction of sp³-hybridized carbons (Fsp3) is 0.786. The van der Waals surface area contributed by atoms with Gasteiger partial charge < -0.3 is 10.6 Å². The molecule has 3 atom stereocenters. The molecule has 0 aliphatic carbocycles. The van der Waals surface area contributed by atoms with Crippen molar-refractivity contribution in [3.63, 3.8) is 0 Å². The number of hydrogen-bond donors (Lipinski definition) is 2. The highest BCUT2D eigenvalue weighted by atomic mass is 16.1. The van der Waals surface area contributed by atoms with Crippen molar-refractivity contribution in [2.45, 2.75) is 63.6 Å². The zero-order valence-corrected chi connectivity index (χ0v) is 10.7. The van der Waals surface area contributed by atoms with E-state index in [0.29, 0.717) is 24.4 Å². The summed E-state index contributed by atoms with van der Waals surface area (Å²) in [7, 11) is 0. The van der Waals surface area contributed by atoms with E-state index in [-0.39, 0.29) is 11.9 Å². The molecule has 17 heavy (non-hydrogen) atoms. The molecule has 3 nitrogen and oxygen atoms in total. The summed E-state index contributed by atoms with van der Waals surface area (Å²) in [5, 5.41) is 6.66. The van der Waals surface area contributed by atoms with Crippen LogP contribution in [0.1, 0.15) is 45.4 Å². The molecule has 2 fully saturated rings. The second-order valence-corrected chi connectivity index (χ2v) is 5.67. The van der Waals surface area contributed by atoms with Crippen LogP contribution in [0.4, 0.5) is 0 Å². The summed E-state index contributed by atoms with van der Waals surface area (Å²) in [6.07, 6.45) is 8.37. The molecule has 0 radical (unpaired) electrons. The van der Waals surface area contributed by atoms with Gasteiger partial charge in [0.25, 0.3) is 0 Å². The number of nitrogens with one attached hydrogen (secondary N) is 2. The summed E-state index contributed by atoms with van der Waals surface area (Å²) in [4.78, 5) is 11.9. The third-order valence-corrected chi connectivity index (χ3v) is 3.97. The molecule has 1 amide bonds. The number of carbonyl (C=O) groups is 1. The third-order valence-electron chi connectivity index (χ3n) is 3.97. The van der Waals surface area contributed by atoms with Gasteiger partial charge in [-0.2, -0.15) is 0 Å². The molecule has 0 aromatic carbocycles. The van der Waals surface area contributed by atoms with Gasteiger partial charge in [-0.15, -0.1) is 6.58 Å². The Hall–Kier alpha value is -0.830. The summed E-state index contributed by atoms with van der Waals surface area (Å²) in [5.41, 5.74) is 0. The first-order valence-corrected chi connectivity index (χ1v) is 6.83. The molecule has 2 heterocycles. The van der Waals surface area contributed by atoms with Crippen LogP contribution >= 0.6 is 0 Å². The Morgan fingerprint density at radius 1 is 1.47 bits per heavy atom. The smallest absolute Gasteiger partial charge is 0.220 e. The van der Waals surface area contributed by atoms with Gasteiger partial charge >= 0.3 is 0 Å². The molecule has 2 aliphatic heterocycles. The lowest BCUT2D eigenvalue weighted by molar-refractivity contribution is -0.122. The molecule has 2 N–H and O–H groups in total. The molecule has 0 unspecified atom stereocenters. The zero-order chi connectivity index (χ0) is 12.3. The minimum atomic E-state index is 0.214. The van der Waals surface area contributed by atoms with E-state index in [9.17, 15) is 4.79 Å². The fourth-order valence-electron chi connectivity index (χ4n) is 3.25. The van der Waals surface area contributed by atoms with E-state index >= 15 is 0 Å². The van der Waals surface area contributed by atoms with E-state index in [1.165, 1.54) is 25.7 Å². The van der Waals surface area contributed by atoms with Crippen molar-refractivity contribution in [3.05, 3.63) is 12.7 Å². The van der Waals surface area contributed by atoms with E-state index in [2.05, 4.69) is 17.2 Å². The average Bonchev–Trinajstić information content (AvgIpc) is 2.58. The maximum atomic E-state index is 11.9. The second-order valence-electron chi connectivity index (χ2n) is 5.67. The van der Waals surface area contributed by atoms with Gasteiger partial charge in [0.15, 0.2) is 0 Å². The molecule has 96 valence electrons. The Morgan fingerprint density at radius 2 is 2.12 bits per heavy atom. The van der Waals surface area contributed by atoms with Crippen molar-refractivity contribution >= 4 is 5.91 Å². The number of piperidine rings is 1. The molecule has 0 aromatic rings. The van der Waals surface area contributed by atoms with E-state index in [1.807, 2.05) is 13.0 Å². The Morgan fingerprint density at radius 3 is 2.71 bits per heavy atom. The highest BCUT2D eigenvalue weighted by molar-refractivity contribution is 5.76. The van der Waals surface area contributed by atoms with Gasteiger partial charge in [-0.25, -0.2) is 0 Å². The molecule has 2 rings (SSSR count). The lowest BCUT2D eigenvalue weighted by Crippen LogP contribution is -2.40. The highest BCUT2D eigenvalue weighted by Crippen LogP contribution is 2.32. The summed E-state index contributed by atoms with van der Waals surface area (Å²) in [5.74, 6) is 0.801. The Labute approximate surface area is 104 Å². The Balaban J connectivity index is 1.73. The zero-order valence-electron chi connectivity index (χ0n) is 10.7. The van der Waals surface area contributed by atoms with Crippen molar-refractivity contribution in [3.8, 4) is 0 Å². The molecule has 3 heteroatoms. The summed E-state index contributed by atoms with van der Waals surface area (Å²) in [6.45, 7) is 5.73. The van der Waals surface area contributed by atoms with Crippen LogP contribution in [0.2, 0.25) is 0 Å². The quantitative estimate of drug-likeness (QED) is 0.717. The highest BCUT2D eigenvalue weighted by Gasteiger charge is 2.34. The standard InChI is InChI=1S/C14H24N2O/c1-3-4-10(2)15-14(17)9-11-7-12-5-6-13(8-11)16-12/h3,10-13,16H,1,4-9H2,2H3,(H,15,17)/t10-,12-,13-/m0/s1. The van der Waals surface area contributed by atoms with Gasteiger partial charge in [0.2, 0.25) is 5.91 Å². The van der Waals surface area contributed by atoms with Crippen LogP contribution in [-0.2, 0) is 4.79 Å². The fourth-order valence-corrected chi connectivity index (χ4v) is 3.25. The Bertz CT molecular complexity index is 278. The first-order chi connectivity index (χ1) is 8.17. The monoisotopic (exact) mass is 236 g/mol. The Kier molecular flexibility index (Phi) is 4.21. The third kappa shape index (κ3) is 3.56. The van der Waals surface area contributed by atoms with E-state index in [4.69, 9.17) is 0 Å². The average molecular weight is 236 g/mol. The molecular formula is C14H24N2O. The number of rotatable bonds is 5. The van der Waals surface area contributed by atoms with Crippen LogP contribution in [0, 0.1) is 5.92 Å². The van der Waals surface area contributed by atoms with Gasteiger partial charge in [0.05, 0.1) is 0 Å². The molecular weight excluding hydrogens is 212 g/mol. The van der Waals surface area contributed by atoms with Crippen molar-refractivity contribution in [2.24, 2.45) is 5.92 Å². The summed E-state index contributed by atoms with van der Waals surface area (Å²) >= 11 is 0. The first-order valence-electron chi connectivity index (χ1n) is 6.83. The number of fused-ring (bicyclic) bond motifs is 2. The second kappa shape index (κ2) is 5.67. The van der Waals surface area contributed by atoms with Crippen LogP contribution in [0.15, 0.2) is 12.7 Å². The maximum absolute atomic E-state index is 11.9. The van der Waals surface area contributed by atoms with E-state index in [0.717, 1.165) is 6.42 Å². The van der Waals surface area contributed by atoms with E-state index < -0.39 is 0 Å². The van der Waals surface area contributed by atoms with Crippen LogP contribution < -0.4 is 10.6 Å². The van der Waals surface area contributed by atoms with Crippen LogP contribution in [0.25, 0.3) is 0 Å². The van der Waals surface area contributed by atoms with Gasteiger partial charge in [-0.3, -0.25) is 4.79 Å². The summed E-state index contributed by atoms with van der Waals surface area (Å²) < 4.78 is 0. The molecule has 2 aliphatic rings. The molecule has 0 spiro atoms. The predicted octanol–water partition coefficient (Wildman–Crippen LogP) is 1.99. The van der Waals surface area contributed by atoms with Gasteiger partial charge in [-0.1, -0.05) is 6.08 Å². The minimum Gasteiger partial charge on any atom is -0.353 e. The van der Waals surface area contributed by atoms with Gasteiger partial charge in [-0.05, 0) is 44.9 Å². The predicted molar refractivity (Wildman–Crippen MR) is 69.7 cm³/mol. The van der Waals surface area contributed by atoms with Crippen molar-refractivity contribution < 1.29 is 4.79 Å². The SMILES string of the molecule is C=CC[C@H](C)NC(=O)CC1C[C@@H]2CC[C@@H](C1)N2. The topological polar surface area (TPSA) is 41.1 Å². The molecule has 0 saturated carbocycles. The van der Waals surface area contributed by atoms with E-state index in [1.54, 1.807) is 0 Å².